The molecule has 1 heterocycles. The fourth-order valence-corrected chi connectivity index (χ4v) is 3.74. The van der Waals surface area contributed by atoms with E-state index in [4.69, 9.17) is 0 Å². The minimum Gasteiger partial charge on any atom is -0.297 e. The van der Waals surface area contributed by atoms with Gasteiger partial charge in [0.15, 0.2) is 0 Å². The highest BCUT2D eigenvalue weighted by Crippen LogP contribution is 2.48. The van der Waals surface area contributed by atoms with Crippen molar-refractivity contribution < 1.29 is 0 Å². The maximum atomic E-state index is 2.76. The summed E-state index contributed by atoms with van der Waals surface area (Å²) in [5, 5.41) is 0. The van der Waals surface area contributed by atoms with Gasteiger partial charge in [0.25, 0.3) is 0 Å². The first-order valence-corrected chi connectivity index (χ1v) is 5.79. The van der Waals surface area contributed by atoms with Gasteiger partial charge in [-0.15, -0.1) is 0 Å². The van der Waals surface area contributed by atoms with Gasteiger partial charge in [0.05, 0.1) is 0 Å². The van der Waals surface area contributed by atoms with Gasteiger partial charge in [-0.2, -0.15) is 0 Å². The number of rotatable bonds is 1. The Morgan fingerprint density at radius 2 is 1.92 bits per heavy atom. The number of hydrogen-bond acceptors (Lipinski definition) is 1. The molecule has 0 amide bonds. The summed E-state index contributed by atoms with van der Waals surface area (Å²) in [4.78, 5) is 2.76. The molecular weight excluding hydrogens is 158 g/mol. The van der Waals surface area contributed by atoms with Crippen LogP contribution < -0.4 is 0 Å². The molecule has 2 fully saturated rings. The number of likely N-dealkylation sites (tertiary alicyclic amines) is 1. The summed E-state index contributed by atoms with van der Waals surface area (Å²) in [5.41, 5.74) is 0.482. The van der Waals surface area contributed by atoms with Gasteiger partial charge in [0.1, 0.15) is 0 Å². The van der Waals surface area contributed by atoms with Gasteiger partial charge in [0.2, 0.25) is 0 Å². The van der Waals surface area contributed by atoms with Crippen LogP contribution in [0.25, 0.3) is 0 Å². The first kappa shape index (κ1) is 9.51. The molecule has 0 spiro atoms. The predicted molar refractivity (Wildman–Crippen MR) is 56.8 cm³/mol. The summed E-state index contributed by atoms with van der Waals surface area (Å²) >= 11 is 0. The van der Waals surface area contributed by atoms with Crippen molar-refractivity contribution in [3.8, 4) is 0 Å². The minimum atomic E-state index is 0.482. The lowest BCUT2D eigenvalue weighted by Crippen LogP contribution is -2.47. The Bertz CT molecular complexity index is 192. The first-order valence-electron chi connectivity index (χ1n) is 5.79. The lowest BCUT2D eigenvalue weighted by atomic mass is 9.78. The smallest absolute Gasteiger partial charge is 0.0175 e. The highest BCUT2D eigenvalue weighted by molar-refractivity contribution is 5.03. The maximum Gasteiger partial charge on any atom is 0.0175 e. The number of hydrogen-bond donors (Lipinski definition) is 0. The van der Waals surface area contributed by atoms with Crippen LogP contribution in [0.4, 0.5) is 0 Å². The third-order valence-electron chi connectivity index (χ3n) is 3.97. The van der Waals surface area contributed by atoms with Gasteiger partial charge < -0.3 is 0 Å². The van der Waals surface area contributed by atoms with Crippen molar-refractivity contribution in [2.75, 3.05) is 6.54 Å². The second kappa shape index (κ2) is 2.98. The zero-order valence-electron chi connectivity index (χ0n) is 9.51. The molecule has 2 aliphatic rings. The molecule has 1 aliphatic carbocycles. The summed E-state index contributed by atoms with van der Waals surface area (Å²) in [6, 6.07) is 1.79. The fraction of sp³-hybridized carbons (Fsp3) is 1.00. The van der Waals surface area contributed by atoms with E-state index >= 15 is 0 Å². The Kier molecular flexibility index (Phi) is 2.18. The molecule has 0 aromatic rings. The summed E-state index contributed by atoms with van der Waals surface area (Å²) < 4.78 is 0. The molecule has 0 N–H and O–H groups in total. The van der Waals surface area contributed by atoms with E-state index in [1.54, 1.807) is 0 Å². The Morgan fingerprint density at radius 3 is 2.38 bits per heavy atom. The van der Waals surface area contributed by atoms with E-state index in [2.05, 4.69) is 32.6 Å². The second-order valence-corrected chi connectivity index (χ2v) is 5.87. The first-order chi connectivity index (χ1) is 6.04. The number of fused-ring (bicyclic) bond motifs is 2. The van der Waals surface area contributed by atoms with Gasteiger partial charge in [-0.1, -0.05) is 27.7 Å². The van der Waals surface area contributed by atoms with Crippen molar-refractivity contribution in [3.05, 3.63) is 0 Å². The van der Waals surface area contributed by atoms with Crippen LogP contribution in [0.1, 0.15) is 47.0 Å². The van der Waals surface area contributed by atoms with E-state index in [0.29, 0.717) is 5.41 Å². The molecule has 0 aromatic heterocycles. The van der Waals surface area contributed by atoms with Crippen LogP contribution in [0, 0.1) is 11.3 Å². The zero-order chi connectivity index (χ0) is 9.64. The normalized spacial score (nSPS) is 40.2. The minimum absolute atomic E-state index is 0.482. The van der Waals surface area contributed by atoms with Gasteiger partial charge in [-0.3, -0.25) is 4.90 Å². The Hall–Kier alpha value is -0.0400. The largest absolute Gasteiger partial charge is 0.297 e. The molecule has 13 heavy (non-hydrogen) atoms. The molecule has 2 rings (SSSR count). The van der Waals surface area contributed by atoms with E-state index in [-0.39, 0.29) is 0 Å². The number of piperidine rings is 1. The molecule has 0 aromatic carbocycles. The van der Waals surface area contributed by atoms with E-state index < -0.39 is 0 Å². The van der Waals surface area contributed by atoms with Crippen molar-refractivity contribution in [2.24, 2.45) is 11.3 Å². The van der Waals surface area contributed by atoms with Crippen LogP contribution in [-0.2, 0) is 0 Å². The van der Waals surface area contributed by atoms with Crippen LogP contribution >= 0.6 is 0 Å². The monoisotopic (exact) mass is 181 g/mol. The zero-order valence-corrected chi connectivity index (χ0v) is 9.51. The Labute approximate surface area is 82.5 Å². The molecule has 3 unspecified atom stereocenters. The van der Waals surface area contributed by atoms with Gasteiger partial charge in [-0.25, -0.2) is 0 Å². The quantitative estimate of drug-likeness (QED) is 0.601. The van der Waals surface area contributed by atoms with Crippen LogP contribution in [0.15, 0.2) is 0 Å². The summed E-state index contributed by atoms with van der Waals surface area (Å²) in [6.45, 7) is 10.8. The standard InChI is InChI=1S/C12H23N/c1-5-13-10-7-6-9(8-10)11(13)12(2,3)4/h9-11H,5-8H2,1-4H3. The highest BCUT2D eigenvalue weighted by Gasteiger charge is 2.49. The average Bonchev–Trinajstić information content (AvgIpc) is 2.59. The van der Waals surface area contributed by atoms with Gasteiger partial charge in [-0.05, 0) is 37.1 Å². The van der Waals surface area contributed by atoms with Gasteiger partial charge in [0, 0.05) is 12.1 Å². The van der Waals surface area contributed by atoms with Crippen LogP contribution in [0.2, 0.25) is 0 Å². The Balaban J connectivity index is 2.18. The molecule has 0 radical (unpaired) electrons. The molecule has 1 nitrogen and oxygen atoms in total. The highest BCUT2D eigenvalue weighted by atomic mass is 15.2. The lowest BCUT2D eigenvalue weighted by molar-refractivity contribution is 0.0624. The third-order valence-corrected chi connectivity index (χ3v) is 3.97. The second-order valence-electron chi connectivity index (χ2n) is 5.87. The van der Waals surface area contributed by atoms with Crippen LogP contribution in [0.3, 0.4) is 0 Å². The summed E-state index contributed by atoms with van der Waals surface area (Å²) in [5.74, 6) is 1.00. The molecule has 1 aliphatic heterocycles. The van der Waals surface area contributed by atoms with Crippen molar-refractivity contribution in [1.29, 1.82) is 0 Å². The van der Waals surface area contributed by atoms with E-state index in [1.807, 2.05) is 0 Å². The van der Waals surface area contributed by atoms with Crippen LogP contribution in [0.5, 0.6) is 0 Å². The molecular formula is C12H23N. The van der Waals surface area contributed by atoms with Crippen molar-refractivity contribution >= 4 is 0 Å². The van der Waals surface area contributed by atoms with Crippen molar-refractivity contribution in [1.82, 2.24) is 4.90 Å². The SMILES string of the molecule is CCN1C2CCC(C2)C1C(C)(C)C. The molecule has 1 heteroatoms. The molecule has 2 bridgehead atoms. The van der Waals surface area contributed by atoms with Crippen molar-refractivity contribution in [3.63, 3.8) is 0 Å². The third kappa shape index (κ3) is 1.41. The maximum absolute atomic E-state index is 2.76. The summed E-state index contributed by atoms with van der Waals surface area (Å²) in [7, 11) is 0. The van der Waals surface area contributed by atoms with Crippen molar-refractivity contribution in [2.45, 2.75) is 59.0 Å². The molecule has 3 atom stereocenters. The van der Waals surface area contributed by atoms with Gasteiger partial charge >= 0.3 is 0 Å². The van der Waals surface area contributed by atoms with E-state index in [9.17, 15) is 0 Å². The fourth-order valence-electron chi connectivity index (χ4n) is 3.74. The summed E-state index contributed by atoms with van der Waals surface area (Å²) in [6.07, 6.45) is 4.43. The molecule has 1 saturated carbocycles. The predicted octanol–water partition coefficient (Wildman–Crippen LogP) is 2.91. The average molecular weight is 181 g/mol. The molecule has 76 valence electrons. The topological polar surface area (TPSA) is 3.24 Å². The van der Waals surface area contributed by atoms with E-state index in [0.717, 1.165) is 18.0 Å². The number of nitrogens with zero attached hydrogens (tertiary/aromatic N) is 1. The lowest BCUT2D eigenvalue weighted by Gasteiger charge is -2.42. The van der Waals surface area contributed by atoms with E-state index in [1.165, 1.54) is 25.8 Å². The van der Waals surface area contributed by atoms with Crippen LogP contribution in [-0.4, -0.2) is 23.5 Å². The molecule has 1 saturated heterocycles. The Morgan fingerprint density at radius 1 is 1.23 bits per heavy atom.